The number of ether oxygens (including phenoxy) is 5. The lowest BCUT2D eigenvalue weighted by molar-refractivity contribution is -0.246. The van der Waals surface area contributed by atoms with Gasteiger partial charge in [-0.2, -0.15) is 0 Å². The number of esters is 5. The predicted octanol–water partition coefficient (Wildman–Crippen LogP) is -0.00340. The first-order chi connectivity index (χ1) is 12.4. The van der Waals surface area contributed by atoms with Gasteiger partial charge in [0.05, 0.1) is 0 Å². The van der Waals surface area contributed by atoms with E-state index in [4.69, 9.17) is 23.7 Å². The summed E-state index contributed by atoms with van der Waals surface area (Å²) in [4.78, 5) is 57.2. The molecule has 0 spiro atoms. The molecule has 0 aliphatic heterocycles. The highest BCUT2D eigenvalue weighted by molar-refractivity contribution is 5.70. The summed E-state index contributed by atoms with van der Waals surface area (Å²) in [6, 6.07) is 0. The van der Waals surface area contributed by atoms with Gasteiger partial charge in [0.15, 0.2) is 36.7 Å². The second-order valence-electron chi connectivity index (χ2n) is 5.81. The van der Waals surface area contributed by atoms with Crippen LogP contribution in [0.25, 0.3) is 0 Å². The summed E-state index contributed by atoms with van der Waals surface area (Å²) >= 11 is 0. The number of hydrogen-bond acceptors (Lipinski definition) is 10. The zero-order valence-corrected chi connectivity index (χ0v) is 15.4. The maximum absolute atomic E-state index is 15.1. The van der Waals surface area contributed by atoms with Crippen molar-refractivity contribution in [3.63, 3.8) is 0 Å². The van der Waals surface area contributed by atoms with Gasteiger partial charge in [0.25, 0.3) is 0 Å². The van der Waals surface area contributed by atoms with Crippen LogP contribution >= 0.6 is 0 Å². The zero-order chi connectivity index (χ0) is 20.9. The minimum atomic E-state index is -2.24. The maximum atomic E-state index is 15.1. The Bertz CT molecular complexity index is 574. The van der Waals surface area contributed by atoms with Gasteiger partial charge in [0.2, 0.25) is 0 Å². The van der Waals surface area contributed by atoms with Crippen molar-refractivity contribution >= 4 is 29.8 Å². The fraction of sp³-hybridized carbons (Fsp3) is 0.688. The molecular formula is C16H21FO10. The highest BCUT2D eigenvalue weighted by Gasteiger charge is 2.59. The van der Waals surface area contributed by atoms with Gasteiger partial charge in [-0.1, -0.05) is 0 Å². The van der Waals surface area contributed by atoms with E-state index >= 15 is 4.39 Å². The number of carbonyl (C=O) groups is 5. The van der Waals surface area contributed by atoms with E-state index in [0.29, 0.717) is 0 Å². The fourth-order valence-electron chi connectivity index (χ4n) is 2.73. The van der Waals surface area contributed by atoms with E-state index in [1.54, 1.807) is 0 Å². The molecule has 0 N–H and O–H groups in total. The Morgan fingerprint density at radius 1 is 0.481 bits per heavy atom. The van der Waals surface area contributed by atoms with E-state index in [0.717, 1.165) is 34.6 Å². The molecule has 10 nitrogen and oxygen atoms in total. The van der Waals surface area contributed by atoms with Crippen LogP contribution in [0.5, 0.6) is 0 Å². The maximum Gasteiger partial charge on any atom is 0.303 e. The third-order valence-electron chi connectivity index (χ3n) is 3.43. The van der Waals surface area contributed by atoms with Gasteiger partial charge in [-0.05, 0) is 0 Å². The van der Waals surface area contributed by atoms with Gasteiger partial charge in [0, 0.05) is 34.6 Å². The Morgan fingerprint density at radius 2 is 0.667 bits per heavy atom. The van der Waals surface area contributed by atoms with E-state index in [1.807, 2.05) is 0 Å². The molecule has 1 aliphatic rings. The summed E-state index contributed by atoms with van der Waals surface area (Å²) in [7, 11) is 0. The average Bonchev–Trinajstić information content (AvgIpc) is 2.49. The molecule has 11 heteroatoms. The van der Waals surface area contributed by atoms with Gasteiger partial charge in [-0.25, -0.2) is 4.39 Å². The van der Waals surface area contributed by atoms with Gasteiger partial charge in [0.1, 0.15) is 0 Å². The summed E-state index contributed by atoms with van der Waals surface area (Å²) in [6.45, 7) is 4.98. The SMILES string of the molecule is CC(=O)OC1C(F)C(OC(C)=O)[C@H](OC(C)=O)C(OC(C)=O)C1OC(C)=O. The van der Waals surface area contributed by atoms with Gasteiger partial charge >= 0.3 is 29.8 Å². The Balaban J connectivity index is 3.46. The first kappa shape index (κ1) is 22.3. The second-order valence-corrected chi connectivity index (χ2v) is 5.81. The van der Waals surface area contributed by atoms with Gasteiger partial charge in [-0.3, -0.25) is 24.0 Å². The van der Waals surface area contributed by atoms with Crippen molar-refractivity contribution in [2.75, 3.05) is 0 Å². The van der Waals surface area contributed by atoms with Crippen LogP contribution in [0.1, 0.15) is 34.6 Å². The number of rotatable bonds is 5. The van der Waals surface area contributed by atoms with Crippen LogP contribution in [0.4, 0.5) is 4.39 Å². The summed E-state index contributed by atoms with van der Waals surface area (Å²) in [6.07, 6.45) is -10.6. The molecule has 27 heavy (non-hydrogen) atoms. The van der Waals surface area contributed by atoms with Crippen LogP contribution in [-0.2, 0) is 47.7 Å². The quantitative estimate of drug-likeness (QED) is 0.465. The minimum absolute atomic E-state index is 0.880. The third kappa shape index (κ3) is 6.19. The monoisotopic (exact) mass is 392 g/mol. The summed E-state index contributed by atoms with van der Waals surface area (Å²) in [5, 5.41) is 0. The smallest absolute Gasteiger partial charge is 0.303 e. The van der Waals surface area contributed by atoms with Gasteiger partial charge < -0.3 is 23.7 Å². The summed E-state index contributed by atoms with van der Waals surface area (Å²) in [5.74, 6) is -4.51. The first-order valence-electron chi connectivity index (χ1n) is 7.94. The first-order valence-corrected chi connectivity index (χ1v) is 7.94. The molecule has 0 heterocycles. The molecule has 0 saturated heterocycles. The Morgan fingerprint density at radius 3 is 0.889 bits per heavy atom. The summed E-state index contributed by atoms with van der Waals surface area (Å²) < 4.78 is 39.9. The molecule has 152 valence electrons. The predicted molar refractivity (Wildman–Crippen MR) is 82.7 cm³/mol. The van der Waals surface area contributed by atoms with Crippen molar-refractivity contribution in [1.82, 2.24) is 0 Å². The van der Waals surface area contributed by atoms with Crippen LogP contribution in [0, 0.1) is 0 Å². The molecule has 0 bridgehead atoms. The van der Waals surface area contributed by atoms with Crippen LogP contribution in [0.15, 0.2) is 0 Å². The van der Waals surface area contributed by atoms with Crippen LogP contribution in [0.3, 0.4) is 0 Å². The van der Waals surface area contributed by atoms with Crippen LogP contribution in [0.2, 0.25) is 0 Å². The van der Waals surface area contributed by atoms with Crippen LogP contribution < -0.4 is 0 Å². The van der Waals surface area contributed by atoms with Crippen molar-refractivity contribution in [1.29, 1.82) is 0 Å². The van der Waals surface area contributed by atoms with E-state index in [-0.39, 0.29) is 0 Å². The lowest BCUT2D eigenvalue weighted by atomic mass is 9.84. The highest BCUT2D eigenvalue weighted by Crippen LogP contribution is 2.34. The number of halogens is 1. The topological polar surface area (TPSA) is 132 Å². The normalized spacial score (nSPS) is 29.9. The second kappa shape index (κ2) is 9.28. The van der Waals surface area contributed by atoms with Crippen molar-refractivity contribution in [3.05, 3.63) is 0 Å². The van der Waals surface area contributed by atoms with E-state index in [9.17, 15) is 24.0 Å². The lowest BCUT2D eigenvalue weighted by Gasteiger charge is -2.45. The van der Waals surface area contributed by atoms with E-state index in [1.165, 1.54) is 0 Å². The van der Waals surface area contributed by atoms with Gasteiger partial charge in [-0.15, -0.1) is 0 Å². The van der Waals surface area contributed by atoms with Crippen molar-refractivity contribution in [3.8, 4) is 0 Å². The highest BCUT2D eigenvalue weighted by atomic mass is 19.1. The minimum Gasteiger partial charge on any atom is -0.455 e. The van der Waals surface area contributed by atoms with Crippen molar-refractivity contribution in [2.45, 2.75) is 71.3 Å². The molecule has 1 aliphatic carbocycles. The molecule has 0 aromatic heterocycles. The molecule has 5 unspecified atom stereocenters. The molecule has 1 rings (SSSR count). The van der Waals surface area contributed by atoms with Crippen LogP contribution in [-0.4, -0.2) is 66.5 Å². The Hall–Kier alpha value is -2.72. The molecule has 1 fully saturated rings. The molecule has 0 aromatic rings. The number of alkyl halides is 1. The zero-order valence-electron chi connectivity index (χ0n) is 15.4. The Labute approximate surface area is 154 Å². The van der Waals surface area contributed by atoms with E-state index < -0.39 is 66.5 Å². The Kier molecular flexibility index (Phi) is 7.68. The number of carbonyl (C=O) groups excluding carboxylic acids is 5. The molecule has 0 radical (unpaired) electrons. The summed E-state index contributed by atoms with van der Waals surface area (Å²) in [5.41, 5.74) is 0. The largest absolute Gasteiger partial charge is 0.455 e. The molecule has 0 aromatic carbocycles. The molecule has 1 saturated carbocycles. The third-order valence-corrected chi connectivity index (χ3v) is 3.43. The standard InChI is InChI=1S/C16H21FO10/c1-6(18)23-12-11(17)13(24-7(2)19)15(26-9(4)21)16(27-10(5)22)14(12)25-8(3)20/h11-16H,1-5H3/t11?,12?,13?,14-,15?,16?/m0/s1. The molecular weight excluding hydrogens is 371 g/mol. The number of hydrogen-bond donors (Lipinski definition) is 0. The average molecular weight is 392 g/mol. The molecule has 0 amide bonds. The molecule has 6 atom stereocenters. The fourth-order valence-corrected chi connectivity index (χ4v) is 2.73. The van der Waals surface area contributed by atoms with E-state index in [2.05, 4.69) is 0 Å². The van der Waals surface area contributed by atoms with Crippen molar-refractivity contribution in [2.24, 2.45) is 0 Å². The lowest BCUT2D eigenvalue weighted by Crippen LogP contribution is -2.67. The van der Waals surface area contributed by atoms with Crippen molar-refractivity contribution < 1.29 is 52.0 Å².